The molecule has 0 bridgehead atoms. The number of carbonyl (C=O) groups is 2. The summed E-state index contributed by atoms with van der Waals surface area (Å²) in [6.07, 6.45) is -4.69. The molecule has 0 radical (unpaired) electrons. The van der Waals surface area contributed by atoms with Crippen LogP contribution >= 0.6 is 0 Å². The van der Waals surface area contributed by atoms with Gasteiger partial charge in [0.25, 0.3) is 5.91 Å². The first kappa shape index (κ1) is 16.8. The van der Waals surface area contributed by atoms with E-state index in [1.54, 1.807) is 6.92 Å². The number of ether oxygens (including phenoxy) is 1. The van der Waals surface area contributed by atoms with Gasteiger partial charge in [0.15, 0.2) is 0 Å². The van der Waals surface area contributed by atoms with Crippen molar-refractivity contribution in [1.82, 2.24) is 5.32 Å². The van der Waals surface area contributed by atoms with Gasteiger partial charge in [0.05, 0.1) is 18.6 Å². The number of amides is 1. The maximum atomic E-state index is 12.7. The van der Waals surface area contributed by atoms with Crippen molar-refractivity contribution < 1.29 is 27.5 Å². The molecular weight excluding hydrogens is 289 g/mol. The largest absolute Gasteiger partial charge is 0.466 e. The second-order valence-electron chi connectivity index (χ2n) is 4.11. The Morgan fingerprint density at radius 2 is 2.00 bits per heavy atom. The summed E-state index contributed by atoms with van der Waals surface area (Å²) in [6, 6.07) is 2.88. The normalized spacial score (nSPS) is 11.0. The summed E-state index contributed by atoms with van der Waals surface area (Å²) < 4.78 is 42.6. The standard InChI is InChI=1S/C13H15F3N2O3/c1-2-21-11(19)5-6-18-12(20)8-3-4-10(17)9(7-8)13(14,15)16/h3-4,7H,2,5-6,17H2,1H3,(H,18,20). The molecular formula is C13H15F3N2O3. The number of esters is 1. The van der Waals surface area contributed by atoms with Crippen LogP contribution in [0.3, 0.4) is 0 Å². The highest BCUT2D eigenvalue weighted by molar-refractivity contribution is 5.95. The molecule has 5 nitrogen and oxygen atoms in total. The van der Waals surface area contributed by atoms with E-state index in [9.17, 15) is 22.8 Å². The van der Waals surface area contributed by atoms with Gasteiger partial charge in [-0.05, 0) is 25.1 Å². The van der Waals surface area contributed by atoms with Crippen molar-refractivity contribution in [2.24, 2.45) is 0 Å². The number of rotatable bonds is 5. The zero-order valence-corrected chi connectivity index (χ0v) is 11.3. The molecule has 0 spiro atoms. The van der Waals surface area contributed by atoms with E-state index in [2.05, 4.69) is 10.1 Å². The van der Waals surface area contributed by atoms with Crippen molar-refractivity contribution in [3.8, 4) is 0 Å². The van der Waals surface area contributed by atoms with Gasteiger partial charge in [0, 0.05) is 17.8 Å². The minimum absolute atomic E-state index is 0.0244. The van der Waals surface area contributed by atoms with Gasteiger partial charge in [-0.15, -0.1) is 0 Å². The van der Waals surface area contributed by atoms with Crippen molar-refractivity contribution in [2.45, 2.75) is 19.5 Å². The number of nitrogen functional groups attached to an aromatic ring is 1. The van der Waals surface area contributed by atoms with Gasteiger partial charge in [-0.2, -0.15) is 13.2 Å². The van der Waals surface area contributed by atoms with Gasteiger partial charge in [-0.3, -0.25) is 9.59 Å². The van der Waals surface area contributed by atoms with Crippen LogP contribution in [-0.2, 0) is 15.7 Å². The lowest BCUT2D eigenvalue weighted by molar-refractivity contribution is -0.143. The fourth-order valence-corrected chi connectivity index (χ4v) is 1.56. The van der Waals surface area contributed by atoms with Crippen LogP contribution in [0, 0.1) is 0 Å². The van der Waals surface area contributed by atoms with Gasteiger partial charge in [0.1, 0.15) is 0 Å². The quantitative estimate of drug-likeness (QED) is 0.643. The van der Waals surface area contributed by atoms with Crippen molar-refractivity contribution in [2.75, 3.05) is 18.9 Å². The Bertz CT molecular complexity index is 530. The maximum Gasteiger partial charge on any atom is 0.418 e. The molecule has 0 fully saturated rings. The van der Waals surface area contributed by atoms with Crippen molar-refractivity contribution >= 4 is 17.6 Å². The van der Waals surface area contributed by atoms with E-state index in [-0.39, 0.29) is 25.1 Å². The van der Waals surface area contributed by atoms with E-state index in [1.807, 2.05) is 0 Å². The third-order valence-electron chi connectivity index (χ3n) is 2.54. The van der Waals surface area contributed by atoms with Crippen LogP contribution < -0.4 is 11.1 Å². The Balaban J connectivity index is 2.69. The smallest absolute Gasteiger partial charge is 0.418 e. The number of carbonyl (C=O) groups excluding carboxylic acids is 2. The zero-order chi connectivity index (χ0) is 16.0. The number of hydrogen-bond donors (Lipinski definition) is 2. The van der Waals surface area contributed by atoms with Crippen LogP contribution in [0.2, 0.25) is 0 Å². The Morgan fingerprint density at radius 3 is 2.57 bits per heavy atom. The van der Waals surface area contributed by atoms with Gasteiger partial charge < -0.3 is 15.8 Å². The number of benzene rings is 1. The third kappa shape index (κ3) is 4.97. The van der Waals surface area contributed by atoms with Crippen molar-refractivity contribution in [3.05, 3.63) is 29.3 Å². The molecule has 0 aliphatic rings. The lowest BCUT2D eigenvalue weighted by Crippen LogP contribution is -2.27. The van der Waals surface area contributed by atoms with Crippen LogP contribution in [0.25, 0.3) is 0 Å². The number of halogens is 3. The third-order valence-corrected chi connectivity index (χ3v) is 2.54. The Morgan fingerprint density at radius 1 is 1.33 bits per heavy atom. The molecule has 0 atom stereocenters. The minimum atomic E-state index is -4.63. The topological polar surface area (TPSA) is 81.4 Å². The molecule has 3 N–H and O–H groups in total. The SMILES string of the molecule is CCOC(=O)CCNC(=O)c1ccc(N)c(C(F)(F)F)c1. The van der Waals surface area contributed by atoms with Gasteiger partial charge >= 0.3 is 12.1 Å². The fraction of sp³-hybridized carbons (Fsp3) is 0.385. The van der Waals surface area contributed by atoms with Crippen LogP contribution in [0.1, 0.15) is 29.3 Å². The molecule has 116 valence electrons. The predicted octanol–water partition coefficient (Wildman–Crippen LogP) is 1.97. The van der Waals surface area contributed by atoms with Crippen molar-refractivity contribution in [3.63, 3.8) is 0 Å². The number of alkyl halides is 3. The zero-order valence-electron chi connectivity index (χ0n) is 11.3. The molecule has 0 unspecified atom stereocenters. The lowest BCUT2D eigenvalue weighted by Gasteiger charge is -2.11. The van der Waals surface area contributed by atoms with E-state index >= 15 is 0 Å². The summed E-state index contributed by atoms with van der Waals surface area (Å²) in [5, 5.41) is 2.34. The van der Waals surface area contributed by atoms with Gasteiger partial charge in [0.2, 0.25) is 0 Å². The highest BCUT2D eigenvalue weighted by Gasteiger charge is 2.33. The molecule has 0 aromatic heterocycles. The van der Waals surface area contributed by atoms with Crippen LogP contribution in [-0.4, -0.2) is 25.0 Å². The first-order chi connectivity index (χ1) is 9.75. The van der Waals surface area contributed by atoms with Gasteiger partial charge in [-0.25, -0.2) is 0 Å². The van der Waals surface area contributed by atoms with Crippen LogP contribution in [0.5, 0.6) is 0 Å². The first-order valence-electron chi connectivity index (χ1n) is 6.16. The summed E-state index contributed by atoms with van der Waals surface area (Å²) in [4.78, 5) is 22.8. The molecule has 0 saturated carbocycles. The van der Waals surface area contributed by atoms with Crippen LogP contribution in [0.4, 0.5) is 18.9 Å². The lowest BCUT2D eigenvalue weighted by atomic mass is 10.1. The summed E-state index contributed by atoms with van der Waals surface area (Å²) in [7, 11) is 0. The maximum absolute atomic E-state index is 12.7. The fourth-order valence-electron chi connectivity index (χ4n) is 1.56. The molecule has 0 aliphatic heterocycles. The highest BCUT2D eigenvalue weighted by Crippen LogP contribution is 2.33. The highest BCUT2D eigenvalue weighted by atomic mass is 19.4. The van der Waals surface area contributed by atoms with E-state index in [0.717, 1.165) is 6.07 Å². The Labute approximate surface area is 119 Å². The average Bonchev–Trinajstić information content (AvgIpc) is 2.38. The van der Waals surface area contributed by atoms with E-state index < -0.39 is 29.3 Å². The van der Waals surface area contributed by atoms with E-state index in [4.69, 9.17) is 5.73 Å². The second kappa shape index (κ2) is 6.96. The molecule has 1 aromatic rings. The van der Waals surface area contributed by atoms with Crippen molar-refractivity contribution in [1.29, 1.82) is 0 Å². The predicted molar refractivity (Wildman–Crippen MR) is 69.4 cm³/mol. The molecule has 21 heavy (non-hydrogen) atoms. The molecule has 0 heterocycles. The summed E-state index contributed by atoms with van der Waals surface area (Å²) in [6.45, 7) is 1.84. The van der Waals surface area contributed by atoms with E-state index in [1.165, 1.54) is 6.07 Å². The number of hydrogen-bond acceptors (Lipinski definition) is 4. The number of nitrogens with two attached hydrogens (primary N) is 1. The average molecular weight is 304 g/mol. The van der Waals surface area contributed by atoms with E-state index in [0.29, 0.717) is 6.07 Å². The van der Waals surface area contributed by atoms with Crippen LogP contribution in [0.15, 0.2) is 18.2 Å². The summed E-state index contributed by atoms with van der Waals surface area (Å²) in [5.41, 5.74) is 3.53. The monoisotopic (exact) mass is 304 g/mol. The first-order valence-corrected chi connectivity index (χ1v) is 6.16. The molecule has 0 aliphatic carbocycles. The second-order valence-corrected chi connectivity index (χ2v) is 4.11. The molecule has 8 heteroatoms. The Hall–Kier alpha value is -2.25. The summed E-state index contributed by atoms with van der Waals surface area (Å²) in [5.74, 6) is -1.21. The molecule has 1 aromatic carbocycles. The van der Waals surface area contributed by atoms with Gasteiger partial charge in [-0.1, -0.05) is 0 Å². The minimum Gasteiger partial charge on any atom is -0.466 e. The summed E-state index contributed by atoms with van der Waals surface area (Å²) >= 11 is 0. The molecule has 1 rings (SSSR count). The Kier molecular flexibility index (Phi) is 5.57. The molecule has 1 amide bonds. The number of nitrogens with one attached hydrogen (secondary N) is 1. The number of anilines is 1. The molecule has 0 saturated heterocycles.